The van der Waals surface area contributed by atoms with Gasteiger partial charge in [-0.3, -0.25) is 4.99 Å². The number of likely N-dealkylation sites (tertiary alicyclic amines) is 1. The summed E-state index contributed by atoms with van der Waals surface area (Å²) in [5.41, 5.74) is 0.686. The summed E-state index contributed by atoms with van der Waals surface area (Å²) in [5.74, 6) is 0.861. The Morgan fingerprint density at radius 2 is 1.86 bits per heavy atom. The standard InChI is InChI=1S/C21H34N4O2S/c1-20(2,3)24-28(26,27)18-10-6-5-9-17(18)15-23-19(22-4)25-14-13-21(16-25)11-7-8-12-21/h5-6,9-10,24H,7-8,11-16H2,1-4H3,(H,22,23). The molecular weight excluding hydrogens is 372 g/mol. The number of guanidine groups is 1. The topological polar surface area (TPSA) is 73.8 Å². The first-order chi connectivity index (χ1) is 13.1. The summed E-state index contributed by atoms with van der Waals surface area (Å²) in [5, 5.41) is 3.39. The van der Waals surface area contributed by atoms with Crippen LogP contribution in [0.15, 0.2) is 34.2 Å². The molecule has 2 aliphatic rings. The van der Waals surface area contributed by atoms with Gasteiger partial charge in [0, 0.05) is 32.2 Å². The van der Waals surface area contributed by atoms with E-state index in [1.54, 1.807) is 19.2 Å². The van der Waals surface area contributed by atoms with Gasteiger partial charge in [0.05, 0.1) is 4.90 Å². The molecule has 1 heterocycles. The Kier molecular flexibility index (Phi) is 6.05. The average molecular weight is 407 g/mol. The molecule has 0 radical (unpaired) electrons. The van der Waals surface area contributed by atoms with Crippen molar-refractivity contribution in [1.82, 2.24) is 14.9 Å². The third kappa shape index (κ3) is 4.87. The van der Waals surface area contributed by atoms with Crippen LogP contribution in [0.5, 0.6) is 0 Å². The van der Waals surface area contributed by atoms with Gasteiger partial charge in [-0.2, -0.15) is 0 Å². The molecule has 1 aromatic rings. The Labute approximate surface area is 169 Å². The zero-order valence-electron chi connectivity index (χ0n) is 17.6. The second-order valence-electron chi connectivity index (χ2n) is 9.24. The maximum atomic E-state index is 12.8. The van der Waals surface area contributed by atoms with E-state index in [1.165, 1.54) is 32.1 Å². The summed E-state index contributed by atoms with van der Waals surface area (Å²) >= 11 is 0. The van der Waals surface area contributed by atoms with Crippen molar-refractivity contribution in [2.45, 2.75) is 69.9 Å². The van der Waals surface area contributed by atoms with Crippen molar-refractivity contribution >= 4 is 16.0 Å². The quantitative estimate of drug-likeness (QED) is 0.595. The predicted octanol–water partition coefficient (Wildman–Crippen LogP) is 3.10. The number of benzene rings is 1. The lowest BCUT2D eigenvalue weighted by Crippen LogP contribution is -2.42. The molecule has 156 valence electrons. The average Bonchev–Trinajstić information content (AvgIpc) is 3.24. The van der Waals surface area contributed by atoms with Gasteiger partial charge in [-0.1, -0.05) is 31.0 Å². The maximum absolute atomic E-state index is 12.8. The number of rotatable bonds is 4. The maximum Gasteiger partial charge on any atom is 0.241 e. The molecular formula is C21H34N4O2S. The summed E-state index contributed by atoms with van der Waals surface area (Å²) in [4.78, 5) is 7.11. The van der Waals surface area contributed by atoms with Crippen LogP contribution in [0.4, 0.5) is 0 Å². The molecule has 1 aliphatic heterocycles. The second kappa shape index (κ2) is 8.03. The molecule has 3 rings (SSSR count). The highest BCUT2D eigenvalue weighted by atomic mass is 32.2. The second-order valence-corrected chi connectivity index (χ2v) is 10.9. The molecule has 0 bridgehead atoms. The van der Waals surface area contributed by atoms with Gasteiger partial charge in [0.15, 0.2) is 5.96 Å². The monoisotopic (exact) mass is 406 g/mol. The van der Waals surface area contributed by atoms with Gasteiger partial charge >= 0.3 is 0 Å². The fourth-order valence-electron chi connectivity index (χ4n) is 4.53. The molecule has 1 saturated carbocycles. The highest BCUT2D eigenvalue weighted by molar-refractivity contribution is 7.89. The molecule has 2 N–H and O–H groups in total. The Morgan fingerprint density at radius 3 is 2.50 bits per heavy atom. The fourth-order valence-corrected chi connectivity index (χ4v) is 6.18. The number of aliphatic imine (C=N–C) groups is 1. The van der Waals surface area contributed by atoms with Crippen molar-refractivity contribution in [1.29, 1.82) is 0 Å². The zero-order chi connectivity index (χ0) is 20.4. The lowest BCUT2D eigenvalue weighted by Gasteiger charge is -2.26. The van der Waals surface area contributed by atoms with Crippen LogP contribution in [-0.2, 0) is 16.6 Å². The molecule has 6 nitrogen and oxygen atoms in total. The first-order valence-corrected chi connectivity index (χ1v) is 11.7. The summed E-state index contributed by atoms with van der Waals surface area (Å²) in [6.07, 6.45) is 6.55. The smallest absolute Gasteiger partial charge is 0.241 e. The summed E-state index contributed by atoms with van der Waals surface area (Å²) in [6, 6.07) is 7.16. The molecule has 2 fully saturated rings. The van der Waals surface area contributed by atoms with Gasteiger partial charge < -0.3 is 10.2 Å². The van der Waals surface area contributed by atoms with Crippen molar-refractivity contribution < 1.29 is 8.42 Å². The van der Waals surface area contributed by atoms with Gasteiger partial charge in [-0.05, 0) is 57.1 Å². The number of hydrogen-bond acceptors (Lipinski definition) is 3. The van der Waals surface area contributed by atoms with Crippen LogP contribution in [-0.4, -0.2) is 45.0 Å². The van der Waals surface area contributed by atoms with Crippen molar-refractivity contribution in [2.24, 2.45) is 10.4 Å². The highest BCUT2D eigenvalue weighted by Crippen LogP contribution is 2.45. The van der Waals surface area contributed by atoms with Gasteiger partial charge in [-0.25, -0.2) is 13.1 Å². The number of nitrogens with one attached hydrogen (secondary N) is 2. The Morgan fingerprint density at radius 1 is 1.18 bits per heavy atom. The molecule has 1 aliphatic carbocycles. The predicted molar refractivity (Wildman–Crippen MR) is 114 cm³/mol. The molecule has 0 aromatic heterocycles. The van der Waals surface area contributed by atoms with Gasteiger partial charge in [0.25, 0.3) is 0 Å². The fraction of sp³-hybridized carbons (Fsp3) is 0.667. The summed E-state index contributed by atoms with van der Waals surface area (Å²) in [6.45, 7) is 8.04. The van der Waals surface area contributed by atoms with E-state index in [4.69, 9.17) is 0 Å². The van der Waals surface area contributed by atoms with E-state index in [2.05, 4.69) is 19.9 Å². The van der Waals surface area contributed by atoms with E-state index >= 15 is 0 Å². The Bertz CT molecular complexity index is 821. The Balaban J connectivity index is 1.71. The van der Waals surface area contributed by atoms with Crippen LogP contribution in [0.2, 0.25) is 0 Å². The third-order valence-corrected chi connectivity index (χ3v) is 7.61. The van der Waals surface area contributed by atoms with Crippen molar-refractivity contribution in [3.05, 3.63) is 29.8 Å². The van der Waals surface area contributed by atoms with E-state index in [0.717, 1.165) is 24.6 Å². The largest absolute Gasteiger partial charge is 0.352 e. The molecule has 0 amide bonds. The van der Waals surface area contributed by atoms with E-state index in [9.17, 15) is 8.42 Å². The van der Waals surface area contributed by atoms with E-state index < -0.39 is 15.6 Å². The molecule has 1 aromatic carbocycles. The van der Waals surface area contributed by atoms with Crippen molar-refractivity contribution in [2.75, 3.05) is 20.1 Å². The summed E-state index contributed by atoms with van der Waals surface area (Å²) < 4.78 is 28.4. The molecule has 1 spiro atoms. The first kappa shape index (κ1) is 21.1. The minimum atomic E-state index is -3.58. The van der Waals surface area contributed by atoms with Crippen LogP contribution in [0.3, 0.4) is 0 Å². The van der Waals surface area contributed by atoms with Gasteiger partial charge in [-0.15, -0.1) is 0 Å². The normalized spacial score (nSPS) is 20.1. The van der Waals surface area contributed by atoms with Crippen molar-refractivity contribution in [3.63, 3.8) is 0 Å². The van der Waals surface area contributed by atoms with E-state index in [0.29, 0.717) is 16.9 Å². The van der Waals surface area contributed by atoms with Crippen LogP contribution in [0.25, 0.3) is 0 Å². The molecule has 0 atom stereocenters. The highest BCUT2D eigenvalue weighted by Gasteiger charge is 2.41. The number of nitrogens with zero attached hydrogens (tertiary/aromatic N) is 2. The number of hydrogen-bond donors (Lipinski definition) is 2. The van der Waals surface area contributed by atoms with Gasteiger partial charge in [0.1, 0.15) is 0 Å². The molecule has 1 saturated heterocycles. The molecule has 7 heteroatoms. The first-order valence-electron chi connectivity index (χ1n) is 10.2. The van der Waals surface area contributed by atoms with E-state index in [-0.39, 0.29) is 0 Å². The molecule has 0 unspecified atom stereocenters. The van der Waals surface area contributed by atoms with Crippen molar-refractivity contribution in [3.8, 4) is 0 Å². The van der Waals surface area contributed by atoms with E-state index in [1.807, 2.05) is 32.9 Å². The SMILES string of the molecule is CN=C(NCc1ccccc1S(=O)(=O)NC(C)(C)C)N1CCC2(CCCC2)C1. The van der Waals surface area contributed by atoms with Crippen LogP contribution in [0, 0.1) is 5.41 Å². The minimum Gasteiger partial charge on any atom is -0.352 e. The Hall–Kier alpha value is -1.60. The minimum absolute atomic E-state index is 0.321. The lowest BCUT2D eigenvalue weighted by molar-refractivity contribution is 0.309. The van der Waals surface area contributed by atoms with Crippen LogP contribution >= 0.6 is 0 Å². The van der Waals surface area contributed by atoms with Gasteiger partial charge in [0.2, 0.25) is 10.0 Å². The zero-order valence-corrected chi connectivity index (χ0v) is 18.4. The van der Waals surface area contributed by atoms with Crippen LogP contribution < -0.4 is 10.0 Å². The third-order valence-electron chi connectivity index (χ3n) is 5.75. The number of sulfonamides is 1. The summed E-state index contributed by atoms with van der Waals surface area (Å²) in [7, 11) is -1.79. The van der Waals surface area contributed by atoms with Crippen LogP contribution in [0.1, 0.15) is 58.4 Å². The molecule has 28 heavy (non-hydrogen) atoms. The lowest BCUT2D eigenvalue weighted by atomic mass is 9.86.